The van der Waals surface area contributed by atoms with Crippen LogP contribution in [0.25, 0.3) is 10.8 Å². The summed E-state index contributed by atoms with van der Waals surface area (Å²) < 4.78 is 6.05. The van der Waals surface area contributed by atoms with Gasteiger partial charge < -0.3 is 20.1 Å². The van der Waals surface area contributed by atoms with E-state index in [9.17, 15) is 19.5 Å². The SMILES string of the molecule is O=C(c1ccccc1)c1ccccc1NC(Cc1ccc(OCCN(Cc2ccccc2)C(=O)c2ccc3ccccc3c2)cc1)C(=O)O. The number of nitrogens with one attached hydrogen (secondary N) is 1. The molecule has 2 N–H and O–H groups in total. The first-order valence-corrected chi connectivity index (χ1v) is 16.2. The minimum atomic E-state index is -1.03. The van der Waals surface area contributed by atoms with E-state index in [4.69, 9.17) is 4.74 Å². The van der Waals surface area contributed by atoms with E-state index in [1.54, 1.807) is 65.6 Å². The van der Waals surface area contributed by atoms with Crippen molar-refractivity contribution in [2.24, 2.45) is 0 Å². The number of carboxylic acid groups (broad SMARTS) is 1. The average molecular weight is 649 g/mol. The summed E-state index contributed by atoms with van der Waals surface area (Å²) in [5, 5.41) is 15.2. The molecule has 0 saturated heterocycles. The van der Waals surface area contributed by atoms with Crippen molar-refractivity contribution >= 4 is 34.1 Å². The van der Waals surface area contributed by atoms with E-state index < -0.39 is 12.0 Å². The third-order valence-electron chi connectivity index (χ3n) is 8.33. The number of aliphatic carboxylic acids is 1. The van der Waals surface area contributed by atoms with Crippen LogP contribution in [-0.2, 0) is 17.8 Å². The van der Waals surface area contributed by atoms with Gasteiger partial charge in [-0.25, -0.2) is 4.79 Å². The zero-order valence-corrected chi connectivity index (χ0v) is 26.9. The summed E-state index contributed by atoms with van der Waals surface area (Å²) in [7, 11) is 0. The van der Waals surface area contributed by atoms with Gasteiger partial charge in [0.15, 0.2) is 5.78 Å². The van der Waals surface area contributed by atoms with Crippen LogP contribution in [0.4, 0.5) is 5.69 Å². The van der Waals surface area contributed by atoms with Crippen LogP contribution in [0.15, 0.2) is 152 Å². The Morgan fingerprint density at radius 3 is 2.04 bits per heavy atom. The van der Waals surface area contributed by atoms with Crippen LogP contribution >= 0.6 is 0 Å². The molecule has 6 aromatic carbocycles. The van der Waals surface area contributed by atoms with Crippen molar-refractivity contribution in [3.63, 3.8) is 0 Å². The van der Waals surface area contributed by atoms with Gasteiger partial charge in [-0.1, -0.05) is 115 Å². The number of rotatable bonds is 14. The first-order chi connectivity index (χ1) is 23.9. The fourth-order valence-electron chi connectivity index (χ4n) is 5.73. The van der Waals surface area contributed by atoms with Crippen molar-refractivity contribution in [2.45, 2.75) is 19.0 Å². The number of hydrogen-bond acceptors (Lipinski definition) is 5. The molecule has 0 radical (unpaired) electrons. The highest BCUT2D eigenvalue weighted by atomic mass is 16.5. The third kappa shape index (κ3) is 8.39. The molecular formula is C42H36N2O5. The minimum absolute atomic E-state index is 0.0761. The number of benzene rings is 6. The van der Waals surface area contributed by atoms with Gasteiger partial charge in [-0.3, -0.25) is 9.59 Å². The number of carbonyl (C=O) groups excluding carboxylic acids is 2. The molecule has 0 heterocycles. The van der Waals surface area contributed by atoms with Gasteiger partial charge in [0.1, 0.15) is 18.4 Å². The summed E-state index contributed by atoms with van der Waals surface area (Å²) in [6.07, 6.45) is 0.189. The molecule has 0 aliphatic rings. The maximum Gasteiger partial charge on any atom is 0.326 e. The highest BCUT2D eigenvalue weighted by molar-refractivity contribution is 6.12. The Kier molecular flexibility index (Phi) is 10.4. The van der Waals surface area contributed by atoms with Crippen LogP contribution in [0.2, 0.25) is 0 Å². The Morgan fingerprint density at radius 1 is 0.653 bits per heavy atom. The van der Waals surface area contributed by atoms with Crippen LogP contribution < -0.4 is 10.1 Å². The molecule has 1 atom stereocenters. The van der Waals surface area contributed by atoms with Gasteiger partial charge in [0.25, 0.3) is 5.91 Å². The fourth-order valence-corrected chi connectivity index (χ4v) is 5.73. The maximum absolute atomic E-state index is 13.7. The van der Waals surface area contributed by atoms with Crippen LogP contribution in [0.5, 0.6) is 5.75 Å². The lowest BCUT2D eigenvalue weighted by Crippen LogP contribution is -2.34. The van der Waals surface area contributed by atoms with Crippen molar-refractivity contribution in [3.05, 3.63) is 179 Å². The Hall–Kier alpha value is -6.21. The summed E-state index contributed by atoms with van der Waals surface area (Å²) in [6.45, 7) is 1.09. The molecule has 7 nitrogen and oxygen atoms in total. The van der Waals surface area contributed by atoms with Crippen LogP contribution in [-0.4, -0.2) is 46.9 Å². The number of nitrogens with zero attached hydrogens (tertiary/aromatic N) is 1. The van der Waals surface area contributed by atoms with E-state index in [1.165, 1.54) is 0 Å². The number of carboxylic acids is 1. The van der Waals surface area contributed by atoms with Crippen molar-refractivity contribution in [1.82, 2.24) is 4.90 Å². The van der Waals surface area contributed by atoms with Crippen molar-refractivity contribution in [3.8, 4) is 5.75 Å². The zero-order valence-electron chi connectivity index (χ0n) is 26.9. The number of amides is 1. The lowest BCUT2D eigenvalue weighted by molar-refractivity contribution is -0.137. The van der Waals surface area contributed by atoms with Gasteiger partial charge in [-0.05, 0) is 58.3 Å². The zero-order chi connectivity index (χ0) is 34.0. The van der Waals surface area contributed by atoms with Crippen LogP contribution in [0.1, 0.15) is 37.4 Å². The van der Waals surface area contributed by atoms with Crippen LogP contribution in [0, 0.1) is 0 Å². The quantitative estimate of drug-likeness (QED) is 0.117. The lowest BCUT2D eigenvalue weighted by atomic mass is 10.00. The first kappa shape index (κ1) is 32.7. The van der Waals surface area contributed by atoms with Gasteiger partial charge in [0.2, 0.25) is 0 Å². The molecule has 6 rings (SSSR count). The molecule has 0 aromatic heterocycles. The first-order valence-electron chi connectivity index (χ1n) is 16.2. The highest BCUT2D eigenvalue weighted by Crippen LogP contribution is 2.23. The Morgan fingerprint density at radius 2 is 1.31 bits per heavy atom. The van der Waals surface area contributed by atoms with E-state index >= 15 is 0 Å². The van der Waals surface area contributed by atoms with Gasteiger partial charge in [-0.2, -0.15) is 0 Å². The van der Waals surface area contributed by atoms with Gasteiger partial charge >= 0.3 is 5.97 Å². The molecule has 0 saturated carbocycles. The standard InChI is InChI=1S/C42H36N2O5/c45-40(33-14-5-2-6-15-33)37-17-9-10-18-38(37)43-39(42(47)48)27-30-19-23-36(24-20-30)49-26-25-44(29-31-11-3-1-4-12-31)41(46)35-22-21-32-13-7-8-16-34(32)28-35/h1-24,28,39,43H,25-27,29H2,(H,47,48). The molecule has 0 aliphatic carbocycles. The Bertz CT molecular complexity index is 2050. The molecular weight excluding hydrogens is 612 g/mol. The van der Waals surface area contributed by atoms with E-state index in [1.807, 2.05) is 91.0 Å². The molecule has 1 unspecified atom stereocenters. The van der Waals surface area contributed by atoms with Crippen LogP contribution in [0.3, 0.4) is 0 Å². The summed E-state index contributed by atoms with van der Waals surface area (Å²) in [5.41, 5.74) is 3.82. The molecule has 1 amide bonds. The minimum Gasteiger partial charge on any atom is -0.492 e. The van der Waals surface area contributed by atoms with E-state index in [2.05, 4.69) is 5.32 Å². The number of para-hydroxylation sites is 1. The Balaban J connectivity index is 1.10. The van der Waals surface area contributed by atoms with E-state index in [0.717, 1.165) is 21.9 Å². The fraction of sp³-hybridized carbons (Fsp3) is 0.119. The number of ketones is 1. The molecule has 0 spiro atoms. The highest BCUT2D eigenvalue weighted by Gasteiger charge is 2.22. The third-order valence-corrected chi connectivity index (χ3v) is 8.33. The van der Waals surface area contributed by atoms with Gasteiger partial charge in [0, 0.05) is 35.3 Å². The molecule has 0 fully saturated rings. The van der Waals surface area contributed by atoms with Crippen molar-refractivity contribution in [1.29, 1.82) is 0 Å². The van der Waals surface area contributed by atoms with Gasteiger partial charge in [-0.15, -0.1) is 0 Å². The summed E-state index contributed by atoms with van der Waals surface area (Å²) in [4.78, 5) is 40.9. The van der Waals surface area contributed by atoms with Crippen molar-refractivity contribution < 1.29 is 24.2 Å². The number of ether oxygens (including phenoxy) is 1. The molecule has 0 bridgehead atoms. The van der Waals surface area contributed by atoms with E-state index in [-0.39, 0.29) is 24.7 Å². The number of carbonyl (C=O) groups is 3. The molecule has 0 aliphatic heterocycles. The maximum atomic E-state index is 13.7. The molecule has 6 aromatic rings. The van der Waals surface area contributed by atoms with E-state index in [0.29, 0.717) is 41.2 Å². The summed E-state index contributed by atoms with van der Waals surface area (Å²) in [5.74, 6) is -0.680. The Labute approximate surface area is 285 Å². The average Bonchev–Trinajstić information content (AvgIpc) is 3.15. The monoisotopic (exact) mass is 648 g/mol. The largest absolute Gasteiger partial charge is 0.492 e. The lowest BCUT2D eigenvalue weighted by Gasteiger charge is -2.23. The molecule has 244 valence electrons. The topological polar surface area (TPSA) is 95.9 Å². The second kappa shape index (κ2) is 15.6. The predicted molar refractivity (Wildman–Crippen MR) is 192 cm³/mol. The van der Waals surface area contributed by atoms with Crippen molar-refractivity contribution in [2.75, 3.05) is 18.5 Å². The normalized spacial score (nSPS) is 11.4. The second-order valence-corrected chi connectivity index (χ2v) is 11.7. The number of hydrogen-bond donors (Lipinski definition) is 2. The molecule has 7 heteroatoms. The summed E-state index contributed by atoms with van der Waals surface area (Å²) >= 11 is 0. The second-order valence-electron chi connectivity index (χ2n) is 11.7. The molecule has 49 heavy (non-hydrogen) atoms. The van der Waals surface area contributed by atoms with Gasteiger partial charge in [0.05, 0.1) is 6.54 Å². The number of fused-ring (bicyclic) bond motifs is 1. The predicted octanol–water partition coefficient (Wildman–Crippen LogP) is 7.90. The smallest absolute Gasteiger partial charge is 0.326 e. The summed E-state index contributed by atoms with van der Waals surface area (Å²) in [6, 6.07) is 45.7. The number of anilines is 1.